The fraction of sp³-hybridized carbons (Fsp3) is 0.481. The Labute approximate surface area is 216 Å². The van der Waals surface area contributed by atoms with Gasteiger partial charge in [0.1, 0.15) is 5.75 Å². The lowest BCUT2D eigenvalue weighted by Crippen LogP contribution is -2.49. The fourth-order valence-electron chi connectivity index (χ4n) is 5.68. The van der Waals surface area contributed by atoms with E-state index in [9.17, 15) is 26.3 Å². The minimum Gasteiger partial charge on any atom is -0.405 e. The standard InChI is InChI=1S/C27H30F6N4O/c1-16-10-21-19-4-2-3-5-22(19)35-25(21)26(37(16)15-24(29)30)20-7-6-18(11-23(20)38-27(31,32)33)34-8-9-36-13-17(12-28)14-36/h2-7,11,16-17,24,26,34-35H,8-10,12-15H2,1H3/t16-,26-/m1/s1. The largest absolute Gasteiger partial charge is 0.573 e. The van der Waals surface area contributed by atoms with Crippen molar-refractivity contribution in [3.05, 3.63) is 59.3 Å². The summed E-state index contributed by atoms with van der Waals surface area (Å²) in [7, 11) is 0. The normalized spacial score (nSPS) is 21.1. The van der Waals surface area contributed by atoms with Crippen molar-refractivity contribution in [3.8, 4) is 5.75 Å². The molecule has 1 saturated heterocycles. The number of hydrogen-bond acceptors (Lipinski definition) is 4. The third-order valence-electron chi connectivity index (χ3n) is 7.41. The zero-order valence-electron chi connectivity index (χ0n) is 20.9. The Balaban J connectivity index is 1.50. The van der Waals surface area contributed by atoms with Gasteiger partial charge in [-0.2, -0.15) is 0 Å². The van der Waals surface area contributed by atoms with Gasteiger partial charge >= 0.3 is 6.36 Å². The van der Waals surface area contributed by atoms with Gasteiger partial charge in [-0.25, -0.2) is 8.78 Å². The maximum Gasteiger partial charge on any atom is 0.573 e. The van der Waals surface area contributed by atoms with Crippen LogP contribution < -0.4 is 10.1 Å². The Morgan fingerprint density at radius 2 is 1.89 bits per heavy atom. The third kappa shape index (κ3) is 5.58. The van der Waals surface area contributed by atoms with Crippen LogP contribution in [0.4, 0.5) is 32.0 Å². The van der Waals surface area contributed by atoms with Crippen molar-refractivity contribution in [3.63, 3.8) is 0 Å². The van der Waals surface area contributed by atoms with Crippen LogP contribution >= 0.6 is 0 Å². The van der Waals surface area contributed by atoms with E-state index in [0.717, 1.165) is 16.5 Å². The van der Waals surface area contributed by atoms with Crippen molar-refractivity contribution in [1.29, 1.82) is 0 Å². The summed E-state index contributed by atoms with van der Waals surface area (Å²) in [4.78, 5) is 6.89. The van der Waals surface area contributed by atoms with Gasteiger partial charge in [-0.3, -0.25) is 9.29 Å². The summed E-state index contributed by atoms with van der Waals surface area (Å²) in [5.41, 5.74) is 2.87. The number of nitrogens with one attached hydrogen (secondary N) is 2. The molecule has 11 heteroatoms. The molecule has 0 saturated carbocycles. The van der Waals surface area contributed by atoms with Gasteiger partial charge in [-0.15, -0.1) is 13.2 Å². The number of aromatic nitrogens is 1. The Kier molecular flexibility index (Phi) is 7.50. The van der Waals surface area contributed by atoms with Crippen LogP contribution in [0, 0.1) is 5.92 Å². The molecule has 0 amide bonds. The molecular formula is C27H30F6N4O. The number of likely N-dealkylation sites (tertiary alicyclic amines) is 1. The summed E-state index contributed by atoms with van der Waals surface area (Å²) >= 11 is 0. The summed E-state index contributed by atoms with van der Waals surface area (Å²) in [5.74, 6) is -0.392. The lowest BCUT2D eigenvalue weighted by Gasteiger charge is -2.41. The molecule has 5 nitrogen and oxygen atoms in total. The van der Waals surface area contributed by atoms with E-state index in [1.807, 2.05) is 31.2 Å². The average molecular weight is 541 g/mol. The molecule has 2 aliphatic heterocycles. The van der Waals surface area contributed by atoms with E-state index in [4.69, 9.17) is 0 Å². The Bertz CT molecular complexity index is 1260. The van der Waals surface area contributed by atoms with Crippen LogP contribution in [-0.2, 0) is 6.42 Å². The lowest BCUT2D eigenvalue weighted by molar-refractivity contribution is -0.275. The van der Waals surface area contributed by atoms with Gasteiger partial charge in [0.25, 0.3) is 6.43 Å². The monoisotopic (exact) mass is 540 g/mol. The molecule has 3 aromatic rings. The van der Waals surface area contributed by atoms with Gasteiger partial charge in [0.05, 0.1) is 19.3 Å². The number of aromatic amines is 1. The van der Waals surface area contributed by atoms with Gasteiger partial charge in [0.2, 0.25) is 0 Å². The predicted molar refractivity (Wildman–Crippen MR) is 134 cm³/mol. The van der Waals surface area contributed by atoms with Crippen LogP contribution in [0.1, 0.15) is 29.8 Å². The van der Waals surface area contributed by atoms with E-state index in [0.29, 0.717) is 44.0 Å². The second-order valence-corrected chi connectivity index (χ2v) is 10.1. The topological polar surface area (TPSA) is 43.5 Å². The smallest absolute Gasteiger partial charge is 0.405 e. The fourth-order valence-corrected chi connectivity index (χ4v) is 5.68. The minimum atomic E-state index is -4.97. The number of ether oxygens (including phenoxy) is 1. The zero-order valence-corrected chi connectivity index (χ0v) is 20.9. The Morgan fingerprint density at radius 1 is 1.13 bits per heavy atom. The average Bonchev–Trinajstić information content (AvgIpc) is 3.18. The van der Waals surface area contributed by atoms with Crippen molar-refractivity contribution in [2.45, 2.75) is 38.2 Å². The number of rotatable bonds is 9. The van der Waals surface area contributed by atoms with Gasteiger partial charge in [0, 0.05) is 72.1 Å². The molecule has 38 heavy (non-hydrogen) atoms. The molecule has 0 radical (unpaired) electrons. The maximum absolute atomic E-state index is 13.7. The molecule has 1 aromatic heterocycles. The molecule has 0 spiro atoms. The highest BCUT2D eigenvalue weighted by Gasteiger charge is 2.40. The molecule has 2 aromatic carbocycles. The van der Waals surface area contributed by atoms with Crippen LogP contribution in [0.5, 0.6) is 5.75 Å². The van der Waals surface area contributed by atoms with Crippen LogP contribution in [0.3, 0.4) is 0 Å². The highest BCUT2D eigenvalue weighted by Crippen LogP contribution is 2.45. The zero-order chi connectivity index (χ0) is 27.0. The summed E-state index contributed by atoms with van der Waals surface area (Å²) in [6.45, 7) is 3.25. The van der Waals surface area contributed by atoms with Crippen molar-refractivity contribution < 1.29 is 31.1 Å². The number of H-pyrrole nitrogens is 1. The molecule has 2 atom stereocenters. The molecule has 2 N–H and O–H groups in total. The van der Waals surface area contributed by atoms with Gasteiger partial charge < -0.3 is 19.9 Å². The third-order valence-corrected chi connectivity index (χ3v) is 7.41. The number of para-hydroxylation sites is 1. The molecule has 0 bridgehead atoms. The van der Waals surface area contributed by atoms with Crippen LogP contribution in [0.15, 0.2) is 42.5 Å². The first-order valence-electron chi connectivity index (χ1n) is 12.7. The number of nitrogens with zero attached hydrogens (tertiary/aromatic N) is 2. The quantitative estimate of drug-likeness (QED) is 0.328. The Morgan fingerprint density at radius 3 is 2.61 bits per heavy atom. The van der Waals surface area contributed by atoms with E-state index in [1.165, 1.54) is 12.1 Å². The number of benzene rings is 2. The molecule has 0 unspecified atom stereocenters. The molecular weight excluding hydrogens is 510 g/mol. The molecule has 2 aliphatic rings. The summed E-state index contributed by atoms with van der Waals surface area (Å²) < 4.78 is 85.1. The van der Waals surface area contributed by atoms with Gasteiger partial charge in [0.15, 0.2) is 0 Å². The van der Waals surface area contributed by atoms with Crippen molar-refractivity contribution in [1.82, 2.24) is 14.8 Å². The summed E-state index contributed by atoms with van der Waals surface area (Å²) in [6.07, 6.45) is -7.15. The van der Waals surface area contributed by atoms with E-state index in [1.54, 1.807) is 11.0 Å². The van der Waals surface area contributed by atoms with Crippen LogP contribution in [-0.4, -0.2) is 73.0 Å². The van der Waals surface area contributed by atoms with Gasteiger partial charge in [-0.05, 0) is 31.0 Å². The number of alkyl halides is 6. The van der Waals surface area contributed by atoms with Crippen molar-refractivity contribution in [2.75, 3.05) is 44.7 Å². The molecule has 0 aliphatic carbocycles. The van der Waals surface area contributed by atoms with Gasteiger partial charge in [-0.1, -0.05) is 24.3 Å². The first kappa shape index (κ1) is 26.7. The van der Waals surface area contributed by atoms with E-state index >= 15 is 0 Å². The predicted octanol–water partition coefficient (Wildman–Crippen LogP) is 5.98. The number of anilines is 1. The number of halogens is 6. The maximum atomic E-state index is 13.7. The molecule has 3 heterocycles. The SMILES string of the molecule is C[C@@H]1Cc2c([nH]c3ccccc23)[C@@H](c2ccc(NCCN3CC(CF)C3)cc2OC(F)(F)F)N1CC(F)F. The van der Waals surface area contributed by atoms with E-state index in [-0.39, 0.29) is 24.2 Å². The second kappa shape index (κ2) is 10.7. The first-order valence-corrected chi connectivity index (χ1v) is 12.7. The summed E-state index contributed by atoms with van der Waals surface area (Å²) in [6, 6.07) is 10.7. The highest BCUT2D eigenvalue weighted by molar-refractivity contribution is 5.85. The Hall–Kier alpha value is -2.92. The first-order chi connectivity index (χ1) is 18.1. The molecule has 5 rings (SSSR count). The van der Waals surface area contributed by atoms with Crippen molar-refractivity contribution >= 4 is 16.6 Å². The highest BCUT2D eigenvalue weighted by atomic mass is 19.4. The lowest BCUT2D eigenvalue weighted by atomic mass is 9.88. The summed E-state index contributed by atoms with van der Waals surface area (Å²) in [5, 5.41) is 4.03. The number of hydrogen-bond donors (Lipinski definition) is 2. The minimum absolute atomic E-state index is 0.0460. The van der Waals surface area contributed by atoms with Crippen molar-refractivity contribution in [2.24, 2.45) is 5.92 Å². The molecule has 206 valence electrons. The number of fused-ring (bicyclic) bond motifs is 3. The van der Waals surface area contributed by atoms with Crippen LogP contribution in [0.2, 0.25) is 0 Å². The van der Waals surface area contributed by atoms with E-state index < -0.39 is 31.1 Å². The van der Waals surface area contributed by atoms with E-state index in [2.05, 4.69) is 19.9 Å². The van der Waals surface area contributed by atoms with Crippen LogP contribution in [0.25, 0.3) is 10.9 Å². The molecule has 1 fully saturated rings. The second-order valence-electron chi connectivity index (χ2n) is 10.1.